The quantitative estimate of drug-likeness (QED) is 0.526. The molecule has 31 heavy (non-hydrogen) atoms. The van der Waals surface area contributed by atoms with E-state index in [-0.39, 0.29) is 10.5 Å². The van der Waals surface area contributed by atoms with Crippen LogP contribution in [0.25, 0.3) is 11.1 Å². The number of aromatic amines is 1. The number of aryl methyl sites for hydroxylation is 2. The summed E-state index contributed by atoms with van der Waals surface area (Å²) in [6, 6.07) is 19.0. The van der Waals surface area contributed by atoms with Crippen LogP contribution < -0.4 is 5.43 Å². The monoisotopic (exact) mass is 430 g/mol. The number of hydrogen-bond donors (Lipinski definition) is 1. The molecule has 2 heterocycles. The number of benzene rings is 2. The van der Waals surface area contributed by atoms with Gasteiger partial charge in [0.05, 0.1) is 6.54 Å². The van der Waals surface area contributed by atoms with Crippen molar-refractivity contribution in [1.82, 2.24) is 9.88 Å². The third-order valence-electron chi connectivity index (χ3n) is 5.99. The van der Waals surface area contributed by atoms with Gasteiger partial charge in [-0.2, -0.15) is 0 Å². The lowest BCUT2D eigenvalue weighted by atomic mass is 9.95. The van der Waals surface area contributed by atoms with Crippen LogP contribution in [0, 0.1) is 25.7 Å². The number of halogens is 1. The second kappa shape index (κ2) is 9.56. The van der Waals surface area contributed by atoms with E-state index in [4.69, 9.17) is 11.6 Å². The van der Waals surface area contributed by atoms with E-state index in [1.807, 2.05) is 38.1 Å². The number of piperidine rings is 1. The summed E-state index contributed by atoms with van der Waals surface area (Å²) in [6.45, 7) is 5.55. The molecule has 3 aromatic rings. The fourth-order valence-corrected chi connectivity index (χ4v) is 4.53. The average Bonchev–Trinajstić information content (AvgIpc) is 2.79. The number of aromatic nitrogens is 1. The molecule has 0 aliphatic carbocycles. The molecule has 0 amide bonds. The van der Waals surface area contributed by atoms with Gasteiger partial charge in [-0.05, 0) is 56.5 Å². The molecule has 1 aliphatic rings. The number of H-pyrrole nitrogens is 1. The SMILES string of the molecule is Cc1[nH]c(C)c(-c2ccc(C#CCN3CCCCC3c3ccccc3)cc2)c(=O)c1Cl. The Morgan fingerprint density at radius 1 is 1.03 bits per heavy atom. The van der Waals surface area contributed by atoms with Crippen molar-refractivity contribution in [3.8, 4) is 23.0 Å². The Labute approximate surface area is 189 Å². The molecule has 0 radical (unpaired) electrons. The molecule has 1 atom stereocenters. The molecule has 0 saturated carbocycles. The van der Waals surface area contributed by atoms with Gasteiger partial charge in [-0.15, -0.1) is 0 Å². The second-order valence-electron chi connectivity index (χ2n) is 8.16. The molecular weight excluding hydrogens is 404 g/mol. The fraction of sp³-hybridized carbons (Fsp3) is 0.296. The normalized spacial score (nSPS) is 16.5. The Hall–Kier alpha value is -2.80. The van der Waals surface area contributed by atoms with Crippen molar-refractivity contribution in [2.45, 2.75) is 39.2 Å². The summed E-state index contributed by atoms with van der Waals surface area (Å²) in [7, 11) is 0. The zero-order valence-electron chi connectivity index (χ0n) is 18.0. The lowest BCUT2D eigenvalue weighted by molar-refractivity contribution is 0.169. The Kier molecular flexibility index (Phi) is 6.61. The molecule has 0 bridgehead atoms. The maximum Gasteiger partial charge on any atom is 0.208 e. The Morgan fingerprint density at radius 3 is 2.52 bits per heavy atom. The summed E-state index contributed by atoms with van der Waals surface area (Å²) < 4.78 is 0. The minimum absolute atomic E-state index is 0.133. The molecule has 1 aliphatic heterocycles. The van der Waals surface area contributed by atoms with E-state index in [1.165, 1.54) is 24.8 Å². The Morgan fingerprint density at radius 2 is 1.77 bits per heavy atom. The lowest BCUT2D eigenvalue weighted by Gasteiger charge is -2.34. The molecule has 4 rings (SSSR count). The molecule has 1 fully saturated rings. The van der Waals surface area contributed by atoms with Gasteiger partial charge in [0.25, 0.3) is 0 Å². The zero-order valence-corrected chi connectivity index (χ0v) is 18.8. The van der Waals surface area contributed by atoms with Gasteiger partial charge in [0.1, 0.15) is 5.02 Å². The van der Waals surface area contributed by atoms with Crippen molar-refractivity contribution in [1.29, 1.82) is 0 Å². The van der Waals surface area contributed by atoms with E-state index in [0.29, 0.717) is 17.3 Å². The molecule has 1 unspecified atom stereocenters. The predicted octanol–water partition coefficient (Wildman–Crippen LogP) is 5.89. The highest BCUT2D eigenvalue weighted by Crippen LogP contribution is 2.30. The van der Waals surface area contributed by atoms with E-state index in [1.54, 1.807) is 0 Å². The maximum atomic E-state index is 12.6. The van der Waals surface area contributed by atoms with E-state index < -0.39 is 0 Å². The van der Waals surface area contributed by atoms with E-state index in [0.717, 1.165) is 29.9 Å². The molecule has 4 heteroatoms. The minimum atomic E-state index is -0.133. The van der Waals surface area contributed by atoms with Gasteiger partial charge in [0.15, 0.2) is 0 Å². The standard InChI is InChI=1S/C27H27ClN2O/c1-19-25(27(31)26(28)20(2)29-19)23-15-13-21(14-16-23)9-8-18-30-17-7-6-12-24(30)22-10-4-3-5-11-22/h3-5,10-11,13-16,24H,6-7,12,17-18H2,1-2H3,(H,29,31). The molecule has 1 saturated heterocycles. The van der Waals surface area contributed by atoms with Gasteiger partial charge in [-0.3, -0.25) is 9.69 Å². The number of nitrogens with zero attached hydrogens (tertiary/aromatic N) is 1. The van der Waals surface area contributed by atoms with Crippen molar-refractivity contribution in [3.63, 3.8) is 0 Å². The first-order valence-electron chi connectivity index (χ1n) is 10.8. The van der Waals surface area contributed by atoms with Gasteiger partial charge < -0.3 is 4.98 Å². The van der Waals surface area contributed by atoms with Crippen molar-refractivity contribution < 1.29 is 0 Å². The first-order valence-corrected chi connectivity index (χ1v) is 11.2. The summed E-state index contributed by atoms with van der Waals surface area (Å²) in [5.41, 5.74) is 5.19. The summed E-state index contributed by atoms with van der Waals surface area (Å²) in [4.78, 5) is 18.3. The maximum absolute atomic E-state index is 12.6. The Bertz CT molecular complexity index is 1170. The average molecular weight is 431 g/mol. The molecule has 158 valence electrons. The van der Waals surface area contributed by atoms with Crippen molar-refractivity contribution >= 4 is 11.6 Å². The fourth-order valence-electron chi connectivity index (χ4n) is 4.39. The van der Waals surface area contributed by atoms with Crippen LogP contribution in [0.4, 0.5) is 0 Å². The minimum Gasteiger partial charge on any atom is -0.361 e. The van der Waals surface area contributed by atoms with E-state index in [9.17, 15) is 4.79 Å². The van der Waals surface area contributed by atoms with Crippen LogP contribution in [0.5, 0.6) is 0 Å². The van der Waals surface area contributed by atoms with Crippen LogP contribution in [0.15, 0.2) is 59.4 Å². The second-order valence-corrected chi connectivity index (χ2v) is 8.54. The third kappa shape index (κ3) is 4.77. The summed E-state index contributed by atoms with van der Waals surface area (Å²) >= 11 is 6.16. The molecule has 3 nitrogen and oxygen atoms in total. The molecule has 2 aromatic carbocycles. The highest BCUT2D eigenvalue weighted by Gasteiger charge is 2.22. The van der Waals surface area contributed by atoms with Crippen LogP contribution in [0.3, 0.4) is 0 Å². The summed E-state index contributed by atoms with van der Waals surface area (Å²) in [5.74, 6) is 6.65. The smallest absolute Gasteiger partial charge is 0.208 e. The van der Waals surface area contributed by atoms with Crippen molar-refractivity contribution in [2.75, 3.05) is 13.1 Å². The summed E-state index contributed by atoms with van der Waals surface area (Å²) in [6.07, 6.45) is 3.69. The number of rotatable bonds is 3. The highest BCUT2D eigenvalue weighted by atomic mass is 35.5. The van der Waals surface area contributed by atoms with Gasteiger partial charge in [0, 0.05) is 28.6 Å². The van der Waals surface area contributed by atoms with Crippen LogP contribution in [0.2, 0.25) is 5.02 Å². The van der Waals surface area contributed by atoms with Crippen LogP contribution in [-0.4, -0.2) is 23.0 Å². The van der Waals surface area contributed by atoms with E-state index >= 15 is 0 Å². The molecule has 1 aromatic heterocycles. The largest absolute Gasteiger partial charge is 0.361 e. The van der Waals surface area contributed by atoms with Crippen molar-refractivity contribution in [3.05, 3.63) is 92.4 Å². The molecule has 1 N–H and O–H groups in total. The number of hydrogen-bond acceptors (Lipinski definition) is 2. The number of nitrogens with one attached hydrogen (secondary N) is 1. The van der Waals surface area contributed by atoms with E-state index in [2.05, 4.69) is 52.1 Å². The number of likely N-dealkylation sites (tertiary alicyclic amines) is 1. The van der Waals surface area contributed by atoms with Gasteiger partial charge in [0.2, 0.25) is 5.43 Å². The molecular formula is C27H27ClN2O. The summed E-state index contributed by atoms with van der Waals surface area (Å²) in [5, 5.41) is 0.249. The Balaban J connectivity index is 1.50. The van der Waals surface area contributed by atoms with Crippen LogP contribution in [-0.2, 0) is 0 Å². The van der Waals surface area contributed by atoms with Gasteiger partial charge >= 0.3 is 0 Å². The lowest BCUT2D eigenvalue weighted by Crippen LogP contribution is -2.33. The third-order valence-corrected chi connectivity index (χ3v) is 6.45. The first kappa shape index (κ1) is 21.4. The van der Waals surface area contributed by atoms with Crippen molar-refractivity contribution in [2.24, 2.45) is 0 Å². The molecule has 0 spiro atoms. The number of pyridine rings is 1. The first-order chi connectivity index (χ1) is 15.0. The topological polar surface area (TPSA) is 36.1 Å². The van der Waals surface area contributed by atoms with Gasteiger partial charge in [-0.1, -0.05) is 72.3 Å². The predicted molar refractivity (Wildman–Crippen MR) is 128 cm³/mol. The zero-order chi connectivity index (χ0) is 21.8. The van der Waals surface area contributed by atoms with Crippen LogP contribution in [0.1, 0.15) is 47.8 Å². The van der Waals surface area contributed by atoms with Crippen LogP contribution >= 0.6 is 11.6 Å². The van der Waals surface area contributed by atoms with Gasteiger partial charge in [-0.25, -0.2) is 0 Å². The highest BCUT2D eigenvalue weighted by molar-refractivity contribution is 6.31.